The topological polar surface area (TPSA) is 9.72 Å². The Labute approximate surface area is 190 Å². The predicted molar refractivity (Wildman–Crippen MR) is 132 cm³/mol. The second-order valence-electron chi connectivity index (χ2n) is 9.17. The maximum atomic E-state index is 2.71. The van der Waals surface area contributed by atoms with Crippen molar-refractivity contribution in [1.82, 2.24) is 9.80 Å². The van der Waals surface area contributed by atoms with Crippen molar-refractivity contribution in [3.63, 3.8) is 0 Å². The number of piperazine rings is 1. The van der Waals surface area contributed by atoms with Gasteiger partial charge in [-0.1, -0.05) is 54.1 Å². The van der Waals surface area contributed by atoms with E-state index in [1.54, 1.807) is 0 Å². The molecule has 1 aromatic heterocycles. The van der Waals surface area contributed by atoms with Gasteiger partial charge in [-0.15, -0.1) is 11.3 Å². The van der Waals surface area contributed by atoms with Crippen LogP contribution < -0.4 is 4.90 Å². The molecule has 0 amide bonds. The number of likely N-dealkylation sites (tertiary alicyclic amines) is 1. The van der Waals surface area contributed by atoms with Crippen LogP contribution in [0.2, 0.25) is 0 Å². The lowest BCUT2D eigenvalue weighted by atomic mass is 9.88. The minimum atomic E-state index is 0.632. The van der Waals surface area contributed by atoms with Crippen LogP contribution in [0.1, 0.15) is 21.9 Å². The lowest BCUT2D eigenvalue weighted by Gasteiger charge is -2.38. The molecule has 0 spiro atoms. The second kappa shape index (κ2) is 9.56. The Morgan fingerprint density at radius 3 is 2.29 bits per heavy atom. The van der Waals surface area contributed by atoms with Gasteiger partial charge in [-0.3, -0.25) is 9.80 Å². The Bertz CT molecular complexity index is 930. The lowest BCUT2D eigenvalue weighted by molar-refractivity contribution is 0.209. The maximum Gasteiger partial charge on any atom is 0.0367 e. The number of anilines is 1. The molecule has 0 bridgehead atoms. The van der Waals surface area contributed by atoms with Gasteiger partial charge in [0.15, 0.2) is 0 Å². The van der Waals surface area contributed by atoms with E-state index in [1.807, 2.05) is 11.3 Å². The van der Waals surface area contributed by atoms with Gasteiger partial charge < -0.3 is 4.90 Å². The Kier molecular flexibility index (Phi) is 6.40. The fourth-order valence-electron chi connectivity index (χ4n) is 5.25. The van der Waals surface area contributed by atoms with Crippen molar-refractivity contribution >= 4 is 17.0 Å². The van der Waals surface area contributed by atoms with Crippen molar-refractivity contribution in [2.24, 2.45) is 5.92 Å². The third-order valence-corrected chi connectivity index (χ3v) is 7.83. The number of hydrogen-bond donors (Lipinski definition) is 0. The van der Waals surface area contributed by atoms with E-state index < -0.39 is 0 Å². The smallest absolute Gasteiger partial charge is 0.0367 e. The summed E-state index contributed by atoms with van der Waals surface area (Å²) < 4.78 is 0. The van der Waals surface area contributed by atoms with Crippen LogP contribution in [0.15, 0.2) is 72.1 Å². The van der Waals surface area contributed by atoms with Gasteiger partial charge in [-0.25, -0.2) is 0 Å². The van der Waals surface area contributed by atoms with Gasteiger partial charge in [0.2, 0.25) is 0 Å². The van der Waals surface area contributed by atoms with Crippen LogP contribution in [-0.2, 0) is 6.54 Å². The van der Waals surface area contributed by atoms with E-state index in [0.717, 1.165) is 32.7 Å². The summed E-state index contributed by atoms with van der Waals surface area (Å²) >= 11 is 1.89. The van der Waals surface area contributed by atoms with Crippen molar-refractivity contribution in [2.75, 3.05) is 50.7 Å². The van der Waals surface area contributed by atoms with Gasteiger partial charge in [0.25, 0.3) is 0 Å². The van der Waals surface area contributed by atoms with E-state index in [1.165, 1.54) is 41.3 Å². The Morgan fingerprint density at radius 2 is 1.58 bits per heavy atom. The fourth-order valence-corrected chi connectivity index (χ4v) is 5.99. The molecule has 2 aromatic carbocycles. The molecule has 0 N–H and O–H groups in total. The zero-order chi connectivity index (χ0) is 21.0. The van der Waals surface area contributed by atoms with Crippen LogP contribution in [0.3, 0.4) is 0 Å². The highest BCUT2D eigenvalue weighted by atomic mass is 32.1. The summed E-state index contributed by atoms with van der Waals surface area (Å²) in [7, 11) is 0. The first kappa shape index (κ1) is 20.7. The Hall–Kier alpha value is -2.14. The molecule has 2 atom stereocenters. The first-order valence-corrected chi connectivity index (χ1v) is 12.5. The number of nitrogens with zero attached hydrogens (tertiary/aromatic N) is 3. The highest BCUT2D eigenvalue weighted by Crippen LogP contribution is 2.35. The molecule has 0 aliphatic carbocycles. The molecule has 3 nitrogen and oxygen atoms in total. The number of benzene rings is 2. The Balaban J connectivity index is 1.25. The van der Waals surface area contributed by atoms with Gasteiger partial charge in [-0.2, -0.15) is 0 Å². The average Bonchev–Trinajstić information content (AvgIpc) is 3.46. The van der Waals surface area contributed by atoms with Crippen molar-refractivity contribution in [1.29, 1.82) is 0 Å². The molecule has 5 rings (SSSR count). The van der Waals surface area contributed by atoms with Crippen molar-refractivity contribution in [3.8, 4) is 0 Å². The Morgan fingerprint density at radius 1 is 0.806 bits per heavy atom. The van der Waals surface area contributed by atoms with E-state index >= 15 is 0 Å². The van der Waals surface area contributed by atoms with E-state index in [-0.39, 0.29) is 0 Å². The SMILES string of the molecule is Cc1ccc([C@@H]2CN(Cc3cccs3)C[C@H]2CN2CCN(c3ccccc3)CC2)cc1. The van der Waals surface area contributed by atoms with E-state index in [4.69, 9.17) is 0 Å². The standard InChI is InChI=1S/C27H33N3S/c1-22-9-11-23(12-10-22)27-21-29(20-26-8-5-17-31-26)19-24(27)18-28-13-15-30(16-14-28)25-6-3-2-4-7-25/h2-12,17,24,27H,13-16,18-21H2,1H3/t24-,27+/m1/s1. The molecule has 0 unspecified atom stereocenters. The molecule has 4 heteroatoms. The molecule has 2 saturated heterocycles. The first-order valence-electron chi connectivity index (χ1n) is 11.6. The summed E-state index contributed by atoms with van der Waals surface area (Å²) in [5.41, 5.74) is 4.24. The maximum absolute atomic E-state index is 2.71. The zero-order valence-corrected chi connectivity index (χ0v) is 19.3. The second-order valence-corrected chi connectivity index (χ2v) is 10.2. The number of rotatable bonds is 6. The van der Waals surface area contributed by atoms with Gasteiger partial charge in [0, 0.05) is 68.8 Å². The van der Waals surface area contributed by atoms with Crippen LogP contribution in [0.4, 0.5) is 5.69 Å². The first-order chi connectivity index (χ1) is 15.2. The largest absolute Gasteiger partial charge is 0.369 e. The summed E-state index contributed by atoms with van der Waals surface area (Å²) in [6, 6.07) is 24.6. The van der Waals surface area contributed by atoms with E-state index in [2.05, 4.69) is 93.7 Å². The fraction of sp³-hybridized carbons (Fsp3) is 0.407. The minimum absolute atomic E-state index is 0.632. The lowest BCUT2D eigenvalue weighted by Crippen LogP contribution is -2.48. The number of thiophene rings is 1. The van der Waals surface area contributed by atoms with Crippen LogP contribution in [0, 0.1) is 12.8 Å². The summed E-state index contributed by atoms with van der Waals surface area (Å²) in [5, 5.41) is 2.20. The number of hydrogen-bond acceptors (Lipinski definition) is 4. The quantitative estimate of drug-likeness (QED) is 0.538. The molecule has 2 aliphatic rings. The highest BCUT2D eigenvalue weighted by Gasteiger charge is 2.35. The van der Waals surface area contributed by atoms with E-state index in [9.17, 15) is 0 Å². The predicted octanol–water partition coefficient (Wildman–Crippen LogP) is 5.09. The molecule has 3 heterocycles. The summed E-state index contributed by atoms with van der Waals surface area (Å²) in [6.45, 7) is 11.5. The van der Waals surface area contributed by atoms with Crippen LogP contribution in [-0.4, -0.2) is 55.6 Å². The number of aryl methyl sites for hydroxylation is 1. The van der Waals surface area contributed by atoms with E-state index in [0.29, 0.717) is 11.8 Å². The zero-order valence-electron chi connectivity index (χ0n) is 18.5. The van der Waals surface area contributed by atoms with Crippen molar-refractivity contribution in [2.45, 2.75) is 19.4 Å². The minimum Gasteiger partial charge on any atom is -0.369 e. The van der Waals surface area contributed by atoms with Crippen molar-refractivity contribution < 1.29 is 0 Å². The van der Waals surface area contributed by atoms with Gasteiger partial charge in [-0.05, 0) is 42.0 Å². The normalized spacial score (nSPS) is 22.8. The number of para-hydroxylation sites is 1. The van der Waals surface area contributed by atoms with Crippen molar-refractivity contribution in [3.05, 3.63) is 88.1 Å². The summed E-state index contributed by atoms with van der Waals surface area (Å²) in [4.78, 5) is 9.41. The van der Waals surface area contributed by atoms with Gasteiger partial charge >= 0.3 is 0 Å². The third-order valence-electron chi connectivity index (χ3n) is 6.97. The highest BCUT2D eigenvalue weighted by molar-refractivity contribution is 7.09. The van der Waals surface area contributed by atoms with Crippen LogP contribution >= 0.6 is 11.3 Å². The molecule has 2 fully saturated rings. The van der Waals surface area contributed by atoms with Crippen LogP contribution in [0.5, 0.6) is 0 Å². The van der Waals surface area contributed by atoms with Crippen LogP contribution in [0.25, 0.3) is 0 Å². The molecule has 162 valence electrons. The molecule has 0 saturated carbocycles. The van der Waals surface area contributed by atoms with Gasteiger partial charge in [0.1, 0.15) is 0 Å². The van der Waals surface area contributed by atoms with Gasteiger partial charge in [0.05, 0.1) is 0 Å². The summed E-state index contributed by atoms with van der Waals surface area (Å²) in [5.74, 6) is 1.33. The molecule has 31 heavy (non-hydrogen) atoms. The monoisotopic (exact) mass is 431 g/mol. The molecular weight excluding hydrogens is 398 g/mol. The molecular formula is C27H33N3S. The average molecular weight is 432 g/mol. The third kappa shape index (κ3) is 5.03. The molecule has 0 radical (unpaired) electrons. The summed E-state index contributed by atoms with van der Waals surface area (Å²) in [6.07, 6.45) is 0. The molecule has 2 aliphatic heterocycles. The molecule has 3 aromatic rings.